The van der Waals surface area contributed by atoms with Crippen LogP contribution in [0.5, 0.6) is 0 Å². The zero-order chi connectivity index (χ0) is 16.4. The van der Waals surface area contributed by atoms with Gasteiger partial charge >= 0.3 is 0 Å². The molecule has 134 valence electrons. The van der Waals surface area contributed by atoms with Crippen LogP contribution < -0.4 is 10.6 Å². The number of aliphatic imine (C=N–C) groups is 1. The molecule has 1 atom stereocenters. The minimum Gasteiger partial charge on any atom is -0.357 e. The summed E-state index contributed by atoms with van der Waals surface area (Å²) >= 11 is 0. The van der Waals surface area contributed by atoms with Crippen molar-refractivity contribution in [1.29, 1.82) is 0 Å². The van der Waals surface area contributed by atoms with Crippen LogP contribution in [0.1, 0.15) is 58.1 Å². The number of halogens is 1. The normalized spacial score (nSPS) is 12.7. The molecular formula is C16H33IN6. The molecule has 0 saturated heterocycles. The zero-order valence-electron chi connectivity index (χ0n) is 15.2. The summed E-state index contributed by atoms with van der Waals surface area (Å²) in [5.74, 6) is 3.36. The molecule has 1 rings (SSSR count). The minimum atomic E-state index is 0. The van der Waals surface area contributed by atoms with Gasteiger partial charge in [-0.2, -0.15) is 0 Å². The van der Waals surface area contributed by atoms with Gasteiger partial charge in [-0.3, -0.25) is 0 Å². The number of guanidine groups is 1. The molecule has 0 fully saturated rings. The van der Waals surface area contributed by atoms with Gasteiger partial charge in [-0.05, 0) is 26.2 Å². The Hall–Kier alpha value is -0.860. The summed E-state index contributed by atoms with van der Waals surface area (Å²) < 4.78 is 1.98. The number of hydrogen-bond donors (Lipinski definition) is 2. The molecule has 0 saturated carbocycles. The van der Waals surface area contributed by atoms with E-state index < -0.39 is 0 Å². The van der Waals surface area contributed by atoms with Crippen molar-refractivity contribution in [2.75, 3.05) is 13.1 Å². The van der Waals surface area contributed by atoms with E-state index in [9.17, 15) is 0 Å². The number of rotatable bonds is 9. The first kappa shape index (κ1) is 22.1. The molecular weight excluding hydrogens is 403 g/mol. The molecule has 23 heavy (non-hydrogen) atoms. The van der Waals surface area contributed by atoms with Gasteiger partial charge in [-0.1, -0.05) is 33.1 Å². The van der Waals surface area contributed by atoms with Crippen molar-refractivity contribution in [2.45, 2.75) is 59.9 Å². The van der Waals surface area contributed by atoms with E-state index in [0.717, 1.165) is 30.7 Å². The maximum Gasteiger partial charge on any atom is 0.191 e. The van der Waals surface area contributed by atoms with Gasteiger partial charge in [0.15, 0.2) is 11.8 Å². The van der Waals surface area contributed by atoms with Gasteiger partial charge in [0.05, 0.1) is 0 Å². The Morgan fingerprint density at radius 2 is 1.96 bits per heavy atom. The Kier molecular flexibility index (Phi) is 12.1. The van der Waals surface area contributed by atoms with Gasteiger partial charge < -0.3 is 15.2 Å². The molecule has 0 aliphatic rings. The molecule has 6 nitrogen and oxygen atoms in total. The number of hydrogen-bond acceptors (Lipinski definition) is 3. The monoisotopic (exact) mass is 436 g/mol. The van der Waals surface area contributed by atoms with Crippen LogP contribution in [0.3, 0.4) is 0 Å². The fraction of sp³-hybridized carbons (Fsp3) is 0.812. The van der Waals surface area contributed by atoms with Crippen LogP contribution in [0, 0.1) is 12.8 Å². The third-order valence-corrected chi connectivity index (χ3v) is 4.01. The van der Waals surface area contributed by atoms with E-state index >= 15 is 0 Å². The summed E-state index contributed by atoms with van der Waals surface area (Å²) in [6, 6.07) is 0. The fourth-order valence-electron chi connectivity index (χ4n) is 2.26. The van der Waals surface area contributed by atoms with E-state index in [1.807, 2.05) is 18.5 Å². The van der Waals surface area contributed by atoms with Crippen LogP contribution in [-0.4, -0.2) is 33.8 Å². The average Bonchev–Trinajstić information content (AvgIpc) is 2.84. The maximum absolute atomic E-state index is 4.62. The third kappa shape index (κ3) is 7.99. The molecule has 1 heterocycles. The van der Waals surface area contributed by atoms with Crippen LogP contribution in [0.25, 0.3) is 0 Å². The van der Waals surface area contributed by atoms with E-state index in [1.165, 1.54) is 25.7 Å². The summed E-state index contributed by atoms with van der Waals surface area (Å²) in [5.41, 5.74) is 0. The predicted octanol–water partition coefficient (Wildman–Crippen LogP) is 3.01. The minimum absolute atomic E-state index is 0. The molecule has 1 aromatic heterocycles. The number of aryl methyl sites for hydroxylation is 1. The first-order valence-electron chi connectivity index (χ1n) is 8.49. The third-order valence-electron chi connectivity index (χ3n) is 4.01. The molecule has 2 N–H and O–H groups in total. The maximum atomic E-state index is 4.62. The van der Waals surface area contributed by atoms with Gasteiger partial charge in [-0.15, -0.1) is 34.2 Å². The van der Waals surface area contributed by atoms with Crippen LogP contribution in [-0.2, 0) is 13.6 Å². The summed E-state index contributed by atoms with van der Waals surface area (Å²) in [4.78, 5) is 4.62. The lowest BCUT2D eigenvalue weighted by Crippen LogP contribution is -2.39. The van der Waals surface area contributed by atoms with Crippen LogP contribution in [0.15, 0.2) is 4.99 Å². The molecule has 0 radical (unpaired) electrons. The summed E-state index contributed by atoms with van der Waals surface area (Å²) in [6.07, 6.45) is 5.04. The predicted molar refractivity (Wildman–Crippen MR) is 107 cm³/mol. The van der Waals surface area contributed by atoms with E-state index in [2.05, 4.69) is 46.6 Å². The molecule has 7 heteroatoms. The Bertz CT molecular complexity index is 457. The zero-order valence-corrected chi connectivity index (χ0v) is 17.6. The Balaban J connectivity index is 0.00000484. The van der Waals surface area contributed by atoms with Crippen LogP contribution in [0.4, 0.5) is 0 Å². The Labute approximate surface area is 158 Å². The topological polar surface area (TPSA) is 67.1 Å². The van der Waals surface area contributed by atoms with Gasteiger partial charge in [0, 0.05) is 20.1 Å². The van der Waals surface area contributed by atoms with Crippen molar-refractivity contribution in [1.82, 2.24) is 25.4 Å². The number of nitrogens with zero attached hydrogens (tertiary/aromatic N) is 4. The lowest BCUT2D eigenvalue weighted by Gasteiger charge is -2.17. The molecule has 0 amide bonds. The largest absolute Gasteiger partial charge is 0.357 e. The quantitative estimate of drug-likeness (QED) is 0.355. The number of nitrogens with one attached hydrogen (secondary N) is 2. The highest BCUT2D eigenvalue weighted by Crippen LogP contribution is 2.11. The molecule has 0 aliphatic heterocycles. The van der Waals surface area contributed by atoms with E-state index in [1.54, 1.807) is 0 Å². The molecule has 0 bridgehead atoms. The highest BCUT2D eigenvalue weighted by atomic mass is 127. The molecule has 0 aromatic carbocycles. The van der Waals surface area contributed by atoms with Gasteiger partial charge in [0.1, 0.15) is 12.4 Å². The van der Waals surface area contributed by atoms with Crippen molar-refractivity contribution < 1.29 is 0 Å². The second-order valence-corrected chi connectivity index (χ2v) is 5.72. The Morgan fingerprint density at radius 1 is 1.22 bits per heavy atom. The van der Waals surface area contributed by atoms with E-state index in [4.69, 9.17) is 0 Å². The SMILES string of the molecule is CCCCC(CC)CNC(=NCc1nnc(C)n1C)NCC.I. The molecule has 0 spiro atoms. The van der Waals surface area contributed by atoms with Crippen molar-refractivity contribution in [2.24, 2.45) is 18.0 Å². The first-order valence-corrected chi connectivity index (χ1v) is 8.49. The van der Waals surface area contributed by atoms with Crippen LogP contribution >= 0.6 is 24.0 Å². The van der Waals surface area contributed by atoms with Gasteiger partial charge in [-0.25, -0.2) is 4.99 Å². The highest BCUT2D eigenvalue weighted by Gasteiger charge is 2.08. The second kappa shape index (κ2) is 12.5. The lowest BCUT2D eigenvalue weighted by atomic mass is 9.99. The van der Waals surface area contributed by atoms with Gasteiger partial charge in [0.25, 0.3) is 0 Å². The first-order chi connectivity index (χ1) is 10.6. The van der Waals surface area contributed by atoms with Gasteiger partial charge in [0.2, 0.25) is 0 Å². The standard InChI is InChI=1S/C16H32N6.HI/c1-6-9-10-14(7-2)11-18-16(17-8-3)19-12-15-21-20-13(4)22(15)5;/h14H,6-12H2,1-5H3,(H2,17,18,19);1H. The smallest absolute Gasteiger partial charge is 0.191 e. The molecule has 0 aliphatic carbocycles. The fourth-order valence-corrected chi connectivity index (χ4v) is 2.26. The van der Waals surface area contributed by atoms with E-state index in [0.29, 0.717) is 12.5 Å². The number of unbranched alkanes of at least 4 members (excludes halogenated alkanes) is 1. The van der Waals surface area contributed by atoms with Crippen molar-refractivity contribution >= 4 is 29.9 Å². The van der Waals surface area contributed by atoms with E-state index in [-0.39, 0.29) is 24.0 Å². The molecule has 1 aromatic rings. The van der Waals surface area contributed by atoms with Crippen molar-refractivity contribution in [3.05, 3.63) is 11.6 Å². The highest BCUT2D eigenvalue weighted by molar-refractivity contribution is 14.0. The van der Waals surface area contributed by atoms with Crippen molar-refractivity contribution in [3.8, 4) is 0 Å². The summed E-state index contributed by atoms with van der Waals surface area (Å²) in [5, 5.41) is 15.0. The molecule has 1 unspecified atom stereocenters. The van der Waals surface area contributed by atoms with Crippen LogP contribution in [0.2, 0.25) is 0 Å². The average molecular weight is 436 g/mol. The summed E-state index contributed by atoms with van der Waals surface area (Å²) in [6.45, 7) is 10.9. The second-order valence-electron chi connectivity index (χ2n) is 5.72. The lowest BCUT2D eigenvalue weighted by molar-refractivity contribution is 0.443. The number of aromatic nitrogens is 3. The summed E-state index contributed by atoms with van der Waals surface area (Å²) in [7, 11) is 1.97. The Morgan fingerprint density at radius 3 is 2.48 bits per heavy atom. The van der Waals surface area contributed by atoms with Crippen molar-refractivity contribution in [3.63, 3.8) is 0 Å².